The molecule has 0 atom stereocenters. The van der Waals surface area contributed by atoms with Crippen molar-refractivity contribution >= 4 is 37.8 Å². The molecule has 2 rings (SSSR count). The van der Waals surface area contributed by atoms with Gasteiger partial charge in [0.2, 0.25) is 15.9 Å². The lowest BCUT2D eigenvalue weighted by Gasteiger charge is -2.11. The van der Waals surface area contributed by atoms with Crippen LogP contribution in [-0.4, -0.2) is 33.8 Å². The first kappa shape index (κ1) is 22.1. The molecule has 3 N–H and O–H groups in total. The first-order valence-electron chi connectivity index (χ1n) is 8.59. The first-order chi connectivity index (χ1) is 13.3. The fourth-order valence-electron chi connectivity index (χ4n) is 2.42. The number of nitrogens with one attached hydrogen (secondary N) is 3. The molecule has 9 heteroatoms. The molecular formula is C19H22BrN3O4S. The Morgan fingerprint density at radius 3 is 2.25 bits per heavy atom. The summed E-state index contributed by atoms with van der Waals surface area (Å²) in [7, 11) is -2.04. The van der Waals surface area contributed by atoms with Crippen LogP contribution in [0.1, 0.15) is 27.9 Å². The number of carbonyl (C=O) groups excluding carboxylic acids is 2. The van der Waals surface area contributed by atoms with E-state index in [-0.39, 0.29) is 37.1 Å². The summed E-state index contributed by atoms with van der Waals surface area (Å²) in [5.41, 5.74) is 1.87. The van der Waals surface area contributed by atoms with E-state index in [1.165, 1.54) is 7.05 Å². The average Bonchev–Trinajstić information content (AvgIpc) is 2.67. The van der Waals surface area contributed by atoms with E-state index < -0.39 is 10.0 Å². The monoisotopic (exact) mass is 467 g/mol. The Bertz CT molecular complexity index is 930. The minimum absolute atomic E-state index is 0.124. The minimum atomic E-state index is -3.40. The smallest absolute Gasteiger partial charge is 0.251 e. The summed E-state index contributed by atoms with van der Waals surface area (Å²) < 4.78 is 26.7. The van der Waals surface area contributed by atoms with E-state index in [4.69, 9.17) is 0 Å². The number of rotatable bonds is 9. The number of amides is 2. The molecule has 0 aromatic heterocycles. The molecule has 0 unspecified atom stereocenters. The Morgan fingerprint density at radius 2 is 1.61 bits per heavy atom. The summed E-state index contributed by atoms with van der Waals surface area (Å²) in [6, 6.07) is 14.0. The van der Waals surface area contributed by atoms with Crippen LogP contribution in [-0.2, 0) is 27.1 Å². The van der Waals surface area contributed by atoms with Gasteiger partial charge in [0.1, 0.15) is 0 Å². The van der Waals surface area contributed by atoms with E-state index in [0.29, 0.717) is 11.1 Å². The zero-order chi connectivity index (χ0) is 20.6. The third-order valence-electron chi connectivity index (χ3n) is 3.99. The maximum absolute atomic E-state index is 12.0. The number of halogens is 1. The van der Waals surface area contributed by atoms with Crippen molar-refractivity contribution in [2.45, 2.75) is 18.7 Å². The summed E-state index contributed by atoms with van der Waals surface area (Å²) in [6.07, 6.45) is 0.124. The van der Waals surface area contributed by atoms with Crippen molar-refractivity contribution in [2.24, 2.45) is 0 Å². The predicted molar refractivity (Wildman–Crippen MR) is 111 cm³/mol. The summed E-state index contributed by atoms with van der Waals surface area (Å²) in [4.78, 5) is 24.0. The fraction of sp³-hybridized carbons (Fsp3) is 0.263. The first-order valence-corrected chi connectivity index (χ1v) is 11.0. The van der Waals surface area contributed by atoms with Crippen LogP contribution in [0.5, 0.6) is 0 Å². The lowest BCUT2D eigenvalue weighted by Crippen LogP contribution is -2.30. The molecule has 0 saturated heterocycles. The van der Waals surface area contributed by atoms with E-state index in [0.717, 1.165) is 10.0 Å². The zero-order valence-electron chi connectivity index (χ0n) is 15.4. The molecule has 2 amide bonds. The topological polar surface area (TPSA) is 104 Å². The third-order valence-corrected chi connectivity index (χ3v) is 5.84. The van der Waals surface area contributed by atoms with Crippen LogP contribution in [0.2, 0.25) is 0 Å². The number of hydrogen-bond acceptors (Lipinski definition) is 4. The van der Waals surface area contributed by atoms with Gasteiger partial charge in [0.05, 0.1) is 5.75 Å². The molecular weight excluding hydrogens is 446 g/mol. The van der Waals surface area contributed by atoms with E-state index >= 15 is 0 Å². The molecule has 2 aromatic rings. The highest BCUT2D eigenvalue weighted by atomic mass is 79.9. The third kappa shape index (κ3) is 7.06. The minimum Gasteiger partial charge on any atom is -0.352 e. The second-order valence-corrected chi connectivity index (χ2v) is 8.86. The van der Waals surface area contributed by atoms with Crippen molar-refractivity contribution in [3.8, 4) is 0 Å². The Morgan fingerprint density at radius 1 is 0.964 bits per heavy atom. The van der Waals surface area contributed by atoms with Crippen LogP contribution < -0.4 is 15.4 Å². The van der Waals surface area contributed by atoms with Crippen LogP contribution >= 0.6 is 15.9 Å². The molecule has 150 valence electrons. The molecule has 7 nitrogen and oxygen atoms in total. The van der Waals surface area contributed by atoms with Crippen molar-refractivity contribution < 1.29 is 18.0 Å². The van der Waals surface area contributed by atoms with Crippen molar-refractivity contribution in [3.63, 3.8) is 0 Å². The molecule has 0 aliphatic heterocycles. The highest BCUT2D eigenvalue weighted by Gasteiger charge is 2.12. The average molecular weight is 468 g/mol. The van der Waals surface area contributed by atoms with E-state index in [1.807, 2.05) is 0 Å². The lowest BCUT2D eigenvalue weighted by atomic mass is 10.1. The standard InChI is InChI=1S/C19H22BrN3O4S/c1-21-28(26,27)13-16-5-3-2-4-15(16)12-23-18(24)10-11-22-19(25)14-6-8-17(20)9-7-14/h2-9,21H,10-13H2,1H3,(H,22,25)(H,23,24). The van der Waals surface area contributed by atoms with Crippen LogP contribution in [0.15, 0.2) is 53.0 Å². The van der Waals surface area contributed by atoms with Gasteiger partial charge in [-0.2, -0.15) is 0 Å². The van der Waals surface area contributed by atoms with E-state index in [2.05, 4.69) is 31.3 Å². The number of benzene rings is 2. The lowest BCUT2D eigenvalue weighted by molar-refractivity contribution is -0.121. The fourth-order valence-corrected chi connectivity index (χ4v) is 3.52. The highest BCUT2D eigenvalue weighted by molar-refractivity contribution is 9.10. The maximum Gasteiger partial charge on any atom is 0.251 e. The molecule has 2 aromatic carbocycles. The summed E-state index contributed by atoms with van der Waals surface area (Å²) >= 11 is 3.31. The van der Waals surface area contributed by atoms with Crippen LogP contribution in [0, 0.1) is 0 Å². The molecule has 0 bridgehead atoms. The van der Waals surface area contributed by atoms with Crippen molar-refractivity contribution in [1.82, 2.24) is 15.4 Å². The van der Waals surface area contributed by atoms with Crippen molar-refractivity contribution in [1.29, 1.82) is 0 Å². The van der Waals surface area contributed by atoms with Crippen LogP contribution in [0.4, 0.5) is 0 Å². The van der Waals surface area contributed by atoms with Crippen molar-refractivity contribution in [2.75, 3.05) is 13.6 Å². The Labute approximate surface area is 173 Å². The highest BCUT2D eigenvalue weighted by Crippen LogP contribution is 2.12. The summed E-state index contributed by atoms with van der Waals surface area (Å²) in [6.45, 7) is 0.422. The molecule has 0 aliphatic rings. The van der Waals surface area contributed by atoms with Gasteiger partial charge in [0.25, 0.3) is 5.91 Å². The van der Waals surface area contributed by atoms with Gasteiger partial charge < -0.3 is 10.6 Å². The van der Waals surface area contributed by atoms with Gasteiger partial charge >= 0.3 is 0 Å². The molecule has 0 fully saturated rings. The Hall–Kier alpha value is -2.23. The van der Waals surface area contributed by atoms with Gasteiger partial charge in [-0.05, 0) is 42.4 Å². The second-order valence-electron chi connectivity index (χ2n) is 6.02. The van der Waals surface area contributed by atoms with E-state index in [1.54, 1.807) is 48.5 Å². The summed E-state index contributed by atoms with van der Waals surface area (Å²) in [5.74, 6) is -0.635. The van der Waals surface area contributed by atoms with Crippen LogP contribution in [0.25, 0.3) is 0 Å². The molecule has 0 radical (unpaired) electrons. The molecule has 28 heavy (non-hydrogen) atoms. The number of hydrogen-bond donors (Lipinski definition) is 3. The number of sulfonamides is 1. The van der Waals surface area contributed by atoms with Gasteiger partial charge in [-0.15, -0.1) is 0 Å². The molecule has 0 aliphatic carbocycles. The van der Waals surface area contributed by atoms with Crippen molar-refractivity contribution in [3.05, 3.63) is 69.7 Å². The Balaban J connectivity index is 1.81. The maximum atomic E-state index is 12.0. The Kier molecular flexibility index (Phi) is 8.16. The van der Waals surface area contributed by atoms with Gasteiger partial charge in [0, 0.05) is 29.5 Å². The van der Waals surface area contributed by atoms with Crippen LogP contribution in [0.3, 0.4) is 0 Å². The summed E-state index contributed by atoms with van der Waals surface area (Å²) in [5, 5.41) is 5.45. The molecule has 0 saturated carbocycles. The largest absolute Gasteiger partial charge is 0.352 e. The van der Waals surface area contributed by atoms with E-state index in [9.17, 15) is 18.0 Å². The molecule has 0 heterocycles. The normalized spacial score (nSPS) is 11.1. The van der Waals surface area contributed by atoms with Gasteiger partial charge in [0.15, 0.2) is 0 Å². The second kappa shape index (κ2) is 10.4. The van der Waals surface area contributed by atoms with Gasteiger partial charge in [-0.1, -0.05) is 40.2 Å². The predicted octanol–water partition coefficient (Wildman–Crippen LogP) is 1.93. The quantitative estimate of drug-likeness (QED) is 0.523. The number of carbonyl (C=O) groups is 2. The molecule has 0 spiro atoms. The van der Waals surface area contributed by atoms with Gasteiger partial charge in [-0.25, -0.2) is 13.1 Å². The SMILES string of the molecule is CNS(=O)(=O)Cc1ccccc1CNC(=O)CCNC(=O)c1ccc(Br)cc1. The van der Waals surface area contributed by atoms with Gasteiger partial charge in [-0.3, -0.25) is 9.59 Å². The zero-order valence-corrected chi connectivity index (χ0v) is 17.8.